The number of nitrogens with two attached hydrogens (primary N) is 1. The van der Waals surface area contributed by atoms with Gasteiger partial charge in [0, 0.05) is 13.6 Å². The van der Waals surface area contributed by atoms with E-state index in [0.29, 0.717) is 12.2 Å². The standard InChI is InChI=1S/C14H19FN4/c1-9(2)13-12(16)14(19(3)18-13)17-8-10-5-4-6-11(15)7-10/h4-7,9,17H,8,16H2,1-3H3. The van der Waals surface area contributed by atoms with E-state index in [4.69, 9.17) is 5.73 Å². The fourth-order valence-corrected chi connectivity index (χ4v) is 2.03. The van der Waals surface area contributed by atoms with Crippen molar-refractivity contribution in [2.24, 2.45) is 7.05 Å². The predicted molar refractivity (Wildman–Crippen MR) is 75.4 cm³/mol. The van der Waals surface area contributed by atoms with Crippen LogP contribution in [-0.2, 0) is 13.6 Å². The number of rotatable bonds is 4. The fraction of sp³-hybridized carbons (Fsp3) is 0.357. The van der Waals surface area contributed by atoms with E-state index in [0.717, 1.165) is 17.1 Å². The van der Waals surface area contributed by atoms with Crippen molar-refractivity contribution in [1.29, 1.82) is 0 Å². The van der Waals surface area contributed by atoms with Gasteiger partial charge in [0.1, 0.15) is 11.6 Å². The number of benzene rings is 1. The van der Waals surface area contributed by atoms with Gasteiger partial charge in [-0.3, -0.25) is 4.68 Å². The largest absolute Gasteiger partial charge is 0.394 e. The van der Waals surface area contributed by atoms with E-state index < -0.39 is 0 Å². The molecule has 1 heterocycles. The van der Waals surface area contributed by atoms with Crippen molar-refractivity contribution in [2.45, 2.75) is 26.3 Å². The number of anilines is 2. The van der Waals surface area contributed by atoms with Crippen molar-refractivity contribution < 1.29 is 4.39 Å². The summed E-state index contributed by atoms with van der Waals surface area (Å²) >= 11 is 0. The average Bonchev–Trinajstić information content (AvgIpc) is 2.63. The Kier molecular flexibility index (Phi) is 3.74. The van der Waals surface area contributed by atoms with Crippen LogP contribution < -0.4 is 11.1 Å². The second-order valence-electron chi connectivity index (χ2n) is 4.91. The Morgan fingerprint density at radius 2 is 2.16 bits per heavy atom. The molecule has 0 saturated heterocycles. The molecule has 1 aromatic heterocycles. The third kappa shape index (κ3) is 2.86. The van der Waals surface area contributed by atoms with Crippen LogP contribution in [0.25, 0.3) is 0 Å². The molecule has 0 unspecified atom stereocenters. The molecule has 19 heavy (non-hydrogen) atoms. The highest BCUT2D eigenvalue weighted by atomic mass is 19.1. The van der Waals surface area contributed by atoms with Crippen LogP contribution in [0.15, 0.2) is 24.3 Å². The van der Waals surface area contributed by atoms with Gasteiger partial charge in [-0.25, -0.2) is 4.39 Å². The number of nitrogens with zero attached hydrogens (tertiary/aromatic N) is 2. The zero-order valence-electron chi connectivity index (χ0n) is 11.4. The number of nitrogen functional groups attached to an aromatic ring is 1. The summed E-state index contributed by atoms with van der Waals surface area (Å²) in [6.45, 7) is 4.61. The third-order valence-corrected chi connectivity index (χ3v) is 3.01. The van der Waals surface area contributed by atoms with Crippen LogP contribution in [0.2, 0.25) is 0 Å². The molecule has 0 spiro atoms. The van der Waals surface area contributed by atoms with Gasteiger partial charge in [-0.1, -0.05) is 26.0 Å². The first-order valence-corrected chi connectivity index (χ1v) is 6.29. The van der Waals surface area contributed by atoms with Crippen LogP contribution in [0, 0.1) is 5.82 Å². The van der Waals surface area contributed by atoms with Gasteiger partial charge in [-0.05, 0) is 23.6 Å². The number of halogens is 1. The van der Waals surface area contributed by atoms with Crippen molar-refractivity contribution in [3.63, 3.8) is 0 Å². The first-order valence-electron chi connectivity index (χ1n) is 6.29. The van der Waals surface area contributed by atoms with Crippen LogP contribution in [0.3, 0.4) is 0 Å². The van der Waals surface area contributed by atoms with Gasteiger partial charge in [-0.15, -0.1) is 0 Å². The topological polar surface area (TPSA) is 55.9 Å². The summed E-state index contributed by atoms with van der Waals surface area (Å²) in [5, 5.41) is 7.60. The molecule has 0 bridgehead atoms. The first kappa shape index (κ1) is 13.4. The highest BCUT2D eigenvalue weighted by molar-refractivity contribution is 5.65. The molecule has 0 aliphatic carbocycles. The molecule has 3 N–H and O–H groups in total. The van der Waals surface area contributed by atoms with Crippen molar-refractivity contribution in [2.75, 3.05) is 11.1 Å². The van der Waals surface area contributed by atoms with Crippen LogP contribution in [0.1, 0.15) is 31.0 Å². The lowest BCUT2D eigenvalue weighted by Crippen LogP contribution is -2.06. The van der Waals surface area contributed by atoms with Crippen molar-refractivity contribution in [3.8, 4) is 0 Å². The van der Waals surface area contributed by atoms with Gasteiger partial charge < -0.3 is 11.1 Å². The zero-order chi connectivity index (χ0) is 14.0. The van der Waals surface area contributed by atoms with E-state index in [1.807, 2.05) is 13.1 Å². The molecule has 0 amide bonds. The summed E-state index contributed by atoms with van der Waals surface area (Å²) in [6, 6.07) is 6.49. The summed E-state index contributed by atoms with van der Waals surface area (Å²) in [6.07, 6.45) is 0. The quantitative estimate of drug-likeness (QED) is 0.890. The molecular formula is C14H19FN4. The van der Waals surface area contributed by atoms with Gasteiger partial charge in [0.25, 0.3) is 0 Å². The maximum Gasteiger partial charge on any atom is 0.148 e. The molecule has 5 heteroatoms. The van der Waals surface area contributed by atoms with Crippen LogP contribution in [0.5, 0.6) is 0 Å². The zero-order valence-corrected chi connectivity index (χ0v) is 11.4. The maximum atomic E-state index is 13.1. The average molecular weight is 262 g/mol. The summed E-state index contributed by atoms with van der Waals surface area (Å²) in [4.78, 5) is 0. The SMILES string of the molecule is CC(C)c1nn(C)c(NCc2cccc(F)c2)c1N. The van der Waals surface area contributed by atoms with Crippen LogP contribution in [-0.4, -0.2) is 9.78 Å². The number of nitrogens with one attached hydrogen (secondary N) is 1. The lowest BCUT2D eigenvalue weighted by atomic mass is 10.1. The fourth-order valence-electron chi connectivity index (χ4n) is 2.03. The van der Waals surface area contributed by atoms with E-state index in [-0.39, 0.29) is 11.7 Å². The third-order valence-electron chi connectivity index (χ3n) is 3.01. The minimum Gasteiger partial charge on any atom is -0.394 e. The molecule has 0 fully saturated rings. The van der Waals surface area contributed by atoms with Gasteiger partial charge in [0.05, 0.1) is 11.4 Å². The summed E-state index contributed by atoms with van der Waals surface area (Å²) in [5.41, 5.74) is 8.49. The highest BCUT2D eigenvalue weighted by Crippen LogP contribution is 2.27. The van der Waals surface area contributed by atoms with E-state index >= 15 is 0 Å². The molecule has 2 rings (SSSR count). The summed E-state index contributed by atoms with van der Waals surface area (Å²) in [7, 11) is 1.84. The number of hydrogen-bond donors (Lipinski definition) is 2. The van der Waals surface area contributed by atoms with Crippen LogP contribution in [0.4, 0.5) is 15.9 Å². The second-order valence-corrected chi connectivity index (χ2v) is 4.91. The molecule has 4 nitrogen and oxygen atoms in total. The van der Waals surface area contributed by atoms with Crippen molar-refractivity contribution in [3.05, 3.63) is 41.3 Å². The molecule has 0 radical (unpaired) electrons. The van der Waals surface area contributed by atoms with Gasteiger partial charge >= 0.3 is 0 Å². The van der Waals surface area contributed by atoms with Crippen molar-refractivity contribution in [1.82, 2.24) is 9.78 Å². The second kappa shape index (κ2) is 5.30. The molecule has 1 aromatic carbocycles. The lowest BCUT2D eigenvalue weighted by Gasteiger charge is -2.08. The van der Waals surface area contributed by atoms with Crippen LogP contribution >= 0.6 is 0 Å². The van der Waals surface area contributed by atoms with Gasteiger partial charge in [-0.2, -0.15) is 5.10 Å². The van der Waals surface area contributed by atoms with E-state index in [1.54, 1.807) is 10.7 Å². The Bertz CT molecular complexity index is 575. The Balaban J connectivity index is 2.16. The molecule has 0 aliphatic heterocycles. The van der Waals surface area contributed by atoms with Crippen molar-refractivity contribution >= 4 is 11.5 Å². The highest BCUT2D eigenvalue weighted by Gasteiger charge is 2.15. The smallest absolute Gasteiger partial charge is 0.148 e. The molecule has 2 aromatic rings. The molecule has 102 valence electrons. The van der Waals surface area contributed by atoms with Gasteiger partial charge in [0.15, 0.2) is 0 Å². The molecular weight excluding hydrogens is 243 g/mol. The Morgan fingerprint density at radius 3 is 2.74 bits per heavy atom. The Labute approximate surface area is 112 Å². The maximum absolute atomic E-state index is 13.1. The minimum absolute atomic E-state index is 0.236. The molecule has 0 saturated carbocycles. The Hall–Kier alpha value is -2.04. The van der Waals surface area contributed by atoms with Gasteiger partial charge in [0.2, 0.25) is 0 Å². The predicted octanol–water partition coefficient (Wildman–Crippen LogP) is 2.88. The number of hydrogen-bond acceptors (Lipinski definition) is 3. The first-order chi connectivity index (χ1) is 8.99. The normalized spacial score (nSPS) is 11.0. The number of aryl methyl sites for hydroxylation is 1. The van der Waals surface area contributed by atoms with E-state index in [1.165, 1.54) is 12.1 Å². The molecule has 0 aliphatic rings. The summed E-state index contributed by atoms with van der Waals surface area (Å²) < 4.78 is 14.8. The molecule has 0 atom stereocenters. The monoisotopic (exact) mass is 262 g/mol. The van der Waals surface area contributed by atoms with E-state index in [9.17, 15) is 4.39 Å². The minimum atomic E-state index is -0.236. The lowest BCUT2D eigenvalue weighted by molar-refractivity contribution is 0.625. The number of aromatic nitrogens is 2. The van der Waals surface area contributed by atoms with E-state index in [2.05, 4.69) is 24.3 Å². The Morgan fingerprint density at radius 1 is 1.42 bits per heavy atom. The summed E-state index contributed by atoms with van der Waals surface area (Å²) in [5.74, 6) is 0.809.